The van der Waals surface area contributed by atoms with E-state index in [0.29, 0.717) is 23.2 Å². The van der Waals surface area contributed by atoms with Crippen LogP contribution in [0.25, 0.3) is 6.08 Å². The fraction of sp³-hybridized carbons (Fsp3) is 0.587. The van der Waals surface area contributed by atoms with Gasteiger partial charge in [0.05, 0.1) is 29.5 Å². The SMILES string of the molecule is CC(C)(C)C(=O)O[C@H]1[C@H](OC(=O)C(C)(C)C)[C@H](OC(=O)C(C)(C)C)CO[C@H]1N(C=O)[C@H](CC/C(F)=C/c1ccccc1)C(=O)Nc1ccccc1CO[Si](C)(C)C(C)(C)C. The van der Waals surface area contributed by atoms with Crippen molar-refractivity contribution in [3.63, 3.8) is 0 Å². The standard InChI is InChI=1S/C46H67FN2O10Si/c1-43(2,3)40(52)57-35-28-55-39(37(59-42(54)45(7,8)9)36(35)58-41(53)44(4,5)6)49(29-50)34(25-24-32(47)26-30-20-16-15-17-21-30)38(51)48-33-23-19-18-22-31(33)27-56-60(13,14)46(10,11)12/h15-23,26,29,34-37,39H,24-25,27-28H2,1-14H3,(H,48,51)/b32-26-/t34-,35-,36-,37+,39-/m1/s1. The quantitative estimate of drug-likeness (QED) is 0.0797. The Kier molecular flexibility index (Phi) is 16.6. The van der Waals surface area contributed by atoms with E-state index in [0.717, 1.165) is 4.90 Å². The number of para-hydroxylation sites is 1. The van der Waals surface area contributed by atoms with E-state index >= 15 is 4.39 Å². The molecule has 1 heterocycles. The minimum absolute atomic E-state index is 0.0752. The number of esters is 3. The van der Waals surface area contributed by atoms with Crippen molar-refractivity contribution in [2.75, 3.05) is 11.9 Å². The second-order valence-corrected chi connectivity index (χ2v) is 24.8. The summed E-state index contributed by atoms with van der Waals surface area (Å²) in [4.78, 5) is 69.6. The van der Waals surface area contributed by atoms with E-state index in [-0.39, 0.29) is 24.5 Å². The van der Waals surface area contributed by atoms with Crippen LogP contribution in [0.3, 0.4) is 0 Å². The Bertz CT molecular complexity index is 1840. The molecule has 3 rings (SSSR count). The molecule has 2 aromatic rings. The van der Waals surface area contributed by atoms with E-state index in [2.05, 4.69) is 39.2 Å². The van der Waals surface area contributed by atoms with Crippen LogP contribution in [0.5, 0.6) is 0 Å². The second-order valence-electron chi connectivity index (χ2n) is 20.0. The molecule has 1 fully saturated rings. The molecule has 12 nitrogen and oxygen atoms in total. The first-order chi connectivity index (χ1) is 27.6. The van der Waals surface area contributed by atoms with Gasteiger partial charge < -0.3 is 33.6 Å². The maximum absolute atomic E-state index is 15.7. The van der Waals surface area contributed by atoms with Gasteiger partial charge in [0.1, 0.15) is 11.9 Å². The molecule has 0 radical (unpaired) electrons. The third-order valence-electron chi connectivity index (χ3n) is 10.5. The van der Waals surface area contributed by atoms with Crippen LogP contribution >= 0.6 is 0 Å². The summed E-state index contributed by atoms with van der Waals surface area (Å²) in [5, 5.41) is 2.87. The Balaban J connectivity index is 2.17. The highest BCUT2D eigenvalue weighted by Gasteiger charge is 2.53. The van der Waals surface area contributed by atoms with Gasteiger partial charge in [-0.15, -0.1) is 0 Å². The summed E-state index contributed by atoms with van der Waals surface area (Å²) in [6.07, 6.45) is -4.75. The van der Waals surface area contributed by atoms with Crippen molar-refractivity contribution >= 4 is 50.3 Å². The number of carbonyl (C=O) groups excluding carboxylic acids is 5. The number of halogens is 1. The number of nitrogens with one attached hydrogen (secondary N) is 1. The first-order valence-electron chi connectivity index (χ1n) is 20.5. The molecule has 14 heteroatoms. The highest BCUT2D eigenvalue weighted by Crippen LogP contribution is 2.38. The summed E-state index contributed by atoms with van der Waals surface area (Å²) < 4.78 is 46.4. The summed E-state index contributed by atoms with van der Waals surface area (Å²) in [6.45, 7) is 25.1. The van der Waals surface area contributed by atoms with Crippen molar-refractivity contribution in [3.8, 4) is 0 Å². The molecule has 0 bridgehead atoms. The zero-order valence-corrected chi connectivity index (χ0v) is 39.0. The number of hydrogen-bond acceptors (Lipinski definition) is 10. The molecule has 332 valence electrons. The lowest BCUT2D eigenvalue weighted by Gasteiger charge is -2.46. The minimum atomic E-state index is -2.21. The van der Waals surface area contributed by atoms with Crippen LogP contribution in [0.15, 0.2) is 60.4 Å². The van der Waals surface area contributed by atoms with E-state index < -0.39 is 91.4 Å². The van der Waals surface area contributed by atoms with Gasteiger partial charge in [-0.25, -0.2) is 4.39 Å². The van der Waals surface area contributed by atoms with E-state index in [1.807, 2.05) is 12.1 Å². The van der Waals surface area contributed by atoms with Crippen LogP contribution in [0.4, 0.5) is 10.1 Å². The molecule has 1 aliphatic rings. The van der Waals surface area contributed by atoms with Crippen LogP contribution in [0.2, 0.25) is 18.1 Å². The molecule has 0 aromatic heterocycles. The zero-order chi connectivity index (χ0) is 45.4. The van der Waals surface area contributed by atoms with E-state index in [4.69, 9.17) is 23.4 Å². The Morgan fingerprint density at radius 1 is 0.800 bits per heavy atom. The van der Waals surface area contributed by atoms with Gasteiger partial charge in [-0.3, -0.25) is 24.0 Å². The third-order valence-corrected chi connectivity index (χ3v) is 15.0. The van der Waals surface area contributed by atoms with Crippen molar-refractivity contribution in [3.05, 3.63) is 71.6 Å². The molecule has 2 amide bonds. The Morgan fingerprint density at radius 3 is 1.85 bits per heavy atom. The molecular formula is C46H67FN2O10Si. The molecule has 0 saturated carbocycles. The average molecular weight is 855 g/mol. The molecule has 0 unspecified atom stereocenters. The van der Waals surface area contributed by atoms with E-state index in [9.17, 15) is 24.0 Å². The maximum Gasteiger partial charge on any atom is 0.311 e. The summed E-state index contributed by atoms with van der Waals surface area (Å²) in [5.41, 5.74) is -1.42. The average Bonchev–Trinajstić information content (AvgIpc) is 3.13. The van der Waals surface area contributed by atoms with Gasteiger partial charge in [-0.1, -0.05) is 69.3 Å². The largest absolute Gasteiger partial charge is 0.455 e. The predicted molar refractivity (Wildman–Crippen MR) is 231 cm³/mol. The Hall–Kier alpha value is -4.40. The highest BCUT2D eigenvalue weighted by atomic mass is 28.4. The summed E-state index contributed by atoms with van der Waals surface area (Å²) >= 11 is 0. The number of amides is 2. The van der Waals surface area contributed by atoms with Gasteiger partial charge in [0.25, 0.3) is 0 Å². The number of hydrogen-bond donors (Lipinski definition) is 1. The van der Waals surface area contributed by atoms with Crippen LogP contribution in [0.1, 0.15) is 107 Å². The predicted octanol–water partition coefficient (Wildman–Crippen LogP) is 8.99. The smallest absolute Gasteiger partial charge is 0.311 e. The first-order valence-corrected chi connectivity index (χ1v) is 23.4. The van der Waals surface area contributed by atoms with E-state index in [1.165, 1.54) is 6.08 Å². The van der Waals surface area contributed by atoms with Gasteiger partial charge >= 0.3 is 17.9 Å². The van der Waals surface area contributed by atoms with Crippen LogP contribution in [-0.4, -0.2) is 80.6 Å². The fourth-order valence-corrected chi connectivity index (χ4v) is 6.51. The van der Waals surface area contributed by atoms with Gasteiger partial charge in [-0.05, 0) is 110 Å². The van der Waals surface area contributed by atoms with Crippen molar-refractivity contribution in [2.24, 2.45) is 16.2 Å². The number of allylic oxidation sites excluding steroid dienone is 1. The molecular weight excluding hydrogens is 788 g/mol. The number of carbonyl (C=O) groups is 5. The molecule has 0 aliphatic carbocycles. The van der Waals surface area contributed by atoms with Crippen LogP contribution in [0, 0.1) is 16.2 Å². The number of nitrogens with zero attached hydrogens (tertiary/aromatic N) is 1. The molecule has 0 spiro atoms. The van der Waals surface area contributed by atoms with E-state index in [1.54, 1.807) is 105 Å². The highest BCUT2D eigenvalue weighted by molar-refractivity contribution is 6.74. The van der Waals surface area contributed by atoms with Gasteiger partial charge in [0.15, 0.2) is 32.9 Å². The number of anilines is 1. The lowest BCUT2D eigenvalue weighted by Crippen LogP contribution is -2.65. The minimum Gasteiger partial charge on any atom is -0.455 e. The molecule has 2 aromatic carbocycles. The lowest BCUT2D eigenvalue weighted by molar-refractivity contribution is -0.256. The summed E-state index contributed by atoms with van der Waals surface area (Å²) in [5.74, 6) is -3.35. The lowest BCUT2D eigenvalue weighted by atomic mass is 9.94. The number of benzene rings is 2. The van der Waals surface area contributed by atoms with Crippen molar-refractivity contribution in [1.82, 2.24) is 4.90 Å². The normalized spacial score (nSPS) is 19.8. The van der Waals surface area contributed by atoms with Crippen molar-refractivity contribution in [2.45, 2.75) is 151 Å². The topological polar surface area (TPSA) is 147 Å². The number of rotatable bonds is 15. The molecule has 60 heavy (non-hydrogen) atoms. The molecule has 1 aliphatic heterocycles. The number of ether oxygens (including phenoxy) is 4. The molecule has 1 saturated heterocycles. The fourth-order valence-electron chi connectivity index (χ4n) is 5.56. The summed E-state index contributed by atoms with van der Waals surface area (Å²) in [7, 11) is -2.21. The zero-order valence-electron chi connectivity index (χ0n) is 38.0. The molecule has 5 atom stereocenters. The maximum atomic E-state index is 15.7. The summed E-state index contributed by atoms with van der Waals surface area (Å²) in [6, 6.07) is 14.5. The van der Waals surface area contributed by atoms with Crippen molar-refractivity contribution in [1.29, 1.82) is 0 Å². The van der Waals surface area contributed by atoms with Crippen LogP contribution in [-0.2, 0) is 54.0 Å². The third kappa shape index (κ3) is 13.8. The second kappa shape index (κ2) is 20.0. The van der Waals surface area contributed by atoms with Gasteiger partial charge in [-0.2, -0.15) is 0 Å². The Labute approximate surface area is 357 Å². The molecule has 1 N–H and O–H groups in total. The monoisotopic (exact) mass is 854 g/mol. The van der Waals surface area contributed by atoms with Gasteiger partial charge in [0, 0.05) is 12.1 Å². The first kappa shape index (κ1) is 50.0. The van der Waals surface area contributed by atoms with Crippen LogP contribution < -0.4 is 5.32 Å². The van der Waals surface area contributed by atoms with Gasteiger partial charge in [0.2, 0.25) is 12.3 Å². The van der Waals surface area contributed by atoms with Crippen molar-refractivity contribution < 1.29 is 51.7 Å². The Morgan fingerprint density at radius 2 is 1.32 bits per heavy atom.